The van der Waals surface area contributed by atoms with Crippen molar-refractivity contribution in [3.05, 3.63) is 16.7 Å². The summed E-state index contributed by atoms with van der Waals surface area (Å²) in [5, 5.41) is 0. The second-order valence-corrected chi connectivity index (χ2v) is 4.58. The summed E-state index contributed by atoms with van der Waals surface area (Å²) in [7, 11) is 0. The Bertz CT molecular complexity index is 343. The lowest BCUT2D eigenvalue weighted by Crippen LogP contribution is -2.34. The van der Waals surface area contributed by atoms with Gasteiger partial charge in [-0.2, -0.15) is 0 Å². The van der Waals surface area contributed by atoms with Gasteiger partial charge >= 0.3 is 0 Å². The number of nitrogens with zero attached hydrogens (tertiary/aromatic N) is 2. The van der Waals surface area contributed by atoms with Gasteiger partial charge in [-0.1, -0.05) is 13.3 Å². The molecule has 0 aliphatic carbocycles. The molecule has 0 spiro atoms. The highest BCUT2D eigenvalue weighted by atomic mass is 79.9. The summed E-state index contributed by atoms with van der Waals surface area (Å²) in [6, 6.07) is 1.99. The monoisotopic (exact) mass is 270 g/mol. The van der Waals surface area contributed by atoms with E-state index in [0.29, 0.717) is 0 Å². The smallest absolute Gasteiger partial charge is 0.171 e. The van der Waals surface area contributed by atoms with Gasteiger partial charge in [-0.05, 0) is 28.4 Å². The molecule has 1 aromatic heterocycles. The zero-order valence-corrected chi connectivity index (χ0v) is 10.5. The summed E-state index contributed by atoms with van der Waals surface area (Å²) in [6.07, 6.45) is 4.24. The van der Waals surface area contributed by atoms with E-state index < -0.39 is 0 Å². The molecule has 2 heterocycles. The normalized spacial score (nSPS) is 14.7. The van der Waals surface area contributed by atoms with Crippen molar-refractivity contribution in [3.63, 3.8) is 0 Å². The van der Waals surface area contributed by atoms with Crippen LogP contribution in [0.25, 0.3) is 0 Å². The van der Waals surface area contributed by atoms with Crippen LogP contribution in [0.4, 0.5) is 5.82 Å². The van der Waals surface area contributed by atoms with Gasteiger partial charge in [-0.15, -0.1) is 0 Å². The van der Waals surface area contributed by atoms with E-state index in [-0.39, 0.29) is 0 Å². The molecule has 1 aromatic rings. The number of unbranched alkanes of at least 4 members (excludes halogenated alkanes) is 1. The zero-order chi connectivity index (χ0) is 10.7. The van der Waals surface area contributed by atoms with Crippen LogP contribution >= 0.6 is 15.9 Å². The fourth-order valence-corrected chi connectivity index (χ4v) is 2.01. The number of pyridine rings is 1. The molecule has 4 heteroatoms. The molecule has 0 saturated carbocycles. The molecule has 82 valence electrons. The van der Waals surface area contributed by atoms with Gasteiger partial charge in [0, 0.05) is 17.2 Å². The van der Waals surface area contributed by atoms with Crippen molar-refractivity contribution in [2.24, 2.45) is 0 Å². The third-order valence-corrected chi connectivity index (χ3v) is 2.93. The Morgan fingerprint density at radius 1 is 1.60 bits per heavy atom. The predicted octanol–water partition coefficient (Wildman–Crippen LogP) is 2.84. The average Bonchev–Trinajstić information content (AvgIpc) is 2.25. The summed E-state index contributed by atoms with van der Waals surface area (Å²) in [5.41, 5.74) is 0. The standard InChI is InChI=1S/C11H15BrN2O/c1-2-3-4-14-5-6-15-10-7-9(12)8-13-11(10)14/h7-8H,2-6H2,1H3. The first-order valence-corrected chi connectivity index (χ1v) is 6.14. The van der Waals surface area contributed by atoms with E-state index in [1.54, 1.807) is 0 Å². The third kappa shape index (κ3) is 2.43. The van der Waals surface area contributed by atoms with Crippen LogP contribution in [0.1, 0.15) is 19.8 Å². The number of anilines is 1. The summed E-state index contributed by atoms with van der Waals surface area (Å²) in [6.45, 7) is 4.98. The van der Waals surface area contributed by atoms with Crippen molar-refractivity contribution in [2.45, 2.75) is 19.8 Å². The molecule has 0 saturated heterocycles. The zero-order valence-electron chi connectivity index (χ0n) is 8.87. The topological polar surface area (TPSA) is 25.4 Å². The van der Waals surface area contributed by atoms with Gasteiger partial charge in [0.25, 0.3) is 0 Å². The molecule has 0 amide bonds. The number of hydrogen-bond donors (Lipinski definition) is 0. The number of ether oxygens (including phenoxy) is 1. The molecule has 0 aromatic carbocycles. The van der Waals surface area contributed by atoms with Crippen molar-refractivity contribution >= 4 is 21.7 Å². The van der Waals surface area contributed by atoms with Crippen LogP contribution in [-0.2, 0) is 0 Å². The Morgan fingerprint density at radius 2 is 2.47 bits per heavy atom. The first kappa shape index (κ1) is 10.7. The Labute approximate surface area is 98.6 Å². The number of fused-ring (bicyclic) bond motifs is 1. The van der Waals surface area contributed by atoms with Crippen LogP contribution in [0, 0.1) is 0 Å². The van der Waals surface area contributed by atoms with Crippen LogP contribution in [0.3, 0.4) is 0 Å². The van der Waals surface area contributed by atoms with Crippen molar-refractivity contribution in [3.8, 4) is 5.75 Å². The molecule has 3 nitrogen and oxygen atoms in total. The van der Waals surface area contributed by atoms with E-state index in [1.165, 1.54) is 12.8 Å². The molecule has 15 heavy (non-hydrogen) atoms. The lowest BCUT2D eigenvalue weighted by atomic mass is 10.3. The molecule has 0 atom stereocenters. The van der Waals surface area contributed by atoms with Crippen LogP contribution in [-0.4, -0.2) is 24.7 Å². The van der Waals surface area contributed by atoms with Crippen LogP contribution in [0.15, 0.2) is 16.7 Å². The maximum Gasteiger partial charge on any atom is 0.171 e. The first-order chi connectivity index (χ1) is 7.31. The molecular weight excluding hydrogens is 256 g/mol. The average molecular weight is 271 g/mol. The maximum absolute atomic E-state index is 5.58. The Morgan fingerprint density at radius 3 is 3.27 bits per heavy atom. The van der Waals surface area contributed by atoms with Gasteiger partial charge in [0.15, 0.2) is 11.6 Å². The molecule has 0 bridgehead atoms. The molecular formula is C11H15BrN2O. The molecule has 0 N–H and O–H groups in total. The van der Waals surface area contributed by atoms with Crippen LogP contribution in [0.5, 0.6) is 5.75 Å². The van der Waals surface area contributed by atoms with Gasteiger partial charge in [0.05, 0.1) is 6.54 Å². The highest BCUT2D eigenvalue weighted by Crippen LogP contribution is 2.31. The van der Waals surface area contributed by atoms with Gasteiger partial charge < -0.3 is 9.64 Å². The largest absolute Gasteiger partial charge is 0.488 e. The lowest BCUT2D eigenvalue weighted by molar-refractivity contribution is 0.304. The van der Waals surface area contributed by atoms with Gasteiger partial charge in [-0.25, -0.2) is 4.98 Å². The number of halogens is 1. The molecule has 1 aliphatic heterocycles. The quantitative estimate of drug-likeness (QED) is 0.845. The second-order valence-electron chi connectivity index (χ2n) is 3.66. The number of rotatable bonds is 3. The summed E-state index contributed by atoms with van der Waals surface area (Å²) in [5.74, 6) is 1.88. The fraction of sp³-hybridized carbons (Fsp3) is 0.545. The fourth-order valence-electron chi connectivity index (χ4n) is 1.70. The molecule has 2 rings (SSSR count). The molecule has 0 fully saturated rings. The van der Waals surface area contributed by atoms with E-state index in [0.717, 1.165) is 35.7 Å². The Hall–Kier alpha value is -0.770. The summed E-state index contributed by atoms with van der Waals surface area (Å²) >= 11 is 3.40. The maximum atomic E-state index is 5.58. The van der Waals surface area contributed by atoms with E-state index in [4.69, 9.17) is 4.74 Å². The van der Waals surface area contributed by atoms with E-state index >= 15 is 0 Å². The van der Waals surface area contributed by atoms with Gasteiger partial charge in [0.2, 0.25) is 0 Å². The predicted molar refractivity (Wildman–Crippen MR) is 64.6 cm³/mol. The first-order valence-electron chi connectivity index (χ1n) is 5.34. The second kappa shape index (κ2) is 4.84. The highest BCUT2D eigenvalue weighted by Gasteiger charge is 2.18. The van der Waals surface area contributed by atoms with Crippen molar-refractivity contribution in [1.29, 1.82) is 0 Å². The Balaban J connectivity index is 2.18. The highest BCUT2D eigenvalue weighted by molar-refractivity contribution is 9.10. The minimum atomic E-state index is 0.759. The summed E-state index contributed by atoms with van der Waals surface area (Å²) in [4.78, 5) is 6.71. The van der Waals surface area contributed by atoms with Crippen LogP contribution in [0.2, 0.25) is 0 Å². The van der Waals surface area contributed by atoms with Crippen molar-refractivity contribution < 1.29 is 4.74 Å². The molecule has 0 radical (unpaired) electrons. The molecule has 0 unspecified atom stereocenters. The van der Waals surface area contributed by atoms with Crippen molar-refractivity contribution in [1.82, 2.24) is 4.98 Å². The van der Waals surface area contributed by atoms with Gasteiger partial charge in [0.1, 0.15) is 6.61 Å². The summed E-state index contributed by atoms with van der Waals surface area (Å²) < 4.78 is 6.55. The Kier molecular flexibility index (Phi) is 3.46. The van der Waals surface area contributed by atoms with E-state index in [1.807, 2.05) is 12.3 Å². The van der Waals surface area contributed by atoms with E-state index in [9.17, 15) is 0 Å². The minimum Gasteiger partial charge on any atom is -0.488 e. The van der Waals surface area contributed by atoms with E-state index in [2.05, 4.69) is 32.7 Å². The van der Waals surface area contributed by atoms with Crippen molar-refractivity contribution in [2.75, 3.05) is 24.6 Å². The third-order valence-electron chi connectivity index (χ3n) is 2.50. The number of hydrogen-bond acceptors (Lipinski definition) is 3. The number of aromatic nitrogens is 1. The minimum absolute atomic E-state index is 0.759. The lowest BCUT2D eigenvalue weighted by Gasteiger charge is -2.29. The van der Waals surface area contributed by atoms with Crippen LogP contribution < -0.4 is 9.64 Å². The van der Waals surface area contributed by atoms with Gasteiger partial charge in [-0.3, -0.25) is 0 Å². The molecule has 1 aliphatic rings. The SMILES string of the molecule is CCCCN1CCOc2cc(Br)cnc21.